The van der Waals surface area contributed by atoms with E-state index in [0.717, 1.165) is 0 Å². The maximum absolute atomic E-state index is 3.12. The quantitative estimate of drug-likeness (QED) is 0.590. The van der Waals surface area contributed by atoms with Gasteiger partial charge >= 0.3 is 0 Å². The van der Waals surface area contributed by atoms with Gasteiger partial charge in [-0.25, -0.2) is 0 Å². The van der Waals surface area contributed by atoms with Crippen molar-refractivity contribution in [2.75, 3.05) is 0 Å². The van der Waals surface area contributed by atoms with Gasteiger partial charge in [-0.05, 0) is 17.5 Å². The van der Waals surface area contributed by atoms with Gasteiger partial charge in [0.15, 0.2) is 0 Å². The van der Waals surface area contributed by atoms with E-state index < -0.39 is 0 Å². The topological polar surface area (TPSA) is 15.8 Å². The predicted molar refractivity (Wildman–Crippen MR) is 51.8 cm³/mol. The van der Waals surface area contributed by atoms with Gasteiger partial charge in [0.2, 0.25) is 0 Å². The number of aromatic nitrogens is 1. The van der Waals surface area contributed by atoms with Crippen molar-refractivity contribution in [3.05, 3.63) is 36.5 Å². The Hall–Kier alpha value is -1.24. The van der Waals surface area contributed by atoms with Crippen molar-refractivity contribution < 1.29 is 1.43 Å². The first-order chi connectivity index (χ1) is 5.47. The van der Waals surface area contributed by atoms with E-state index in [0.29, 0.717) is 0 Å². The minimum absolute atomic E-state index is 0. The molecule has 0 saturated carbocycles. The van der Waals surface area contributed by atoms with E-state index in [-0.39, 0.29) is 1.43 Å². The summed E-state index contributed by atoms with van der Waals surface area (Å²) in [5.74, 6) is 0. The molecule has 0 bridgehead atoms. The van der Waals surface area contributed by atoms with Gasteiger partial charge in [-0.15, -0.1) is 0 Å². The molecule has 0 saturated heterocycles. The number of fused-ring (bicyclic) bond motifs is 1. The van der Waals surface area contributed by atoms with E-state index in [1.807, 2.05) is 32.2 Å². The maximum Gasteiger partial charge on any atom is 0.0453 e. The van der Waals surface area contributed by atoms with Crippen LogP contribution in [0.3, 0.4) is 0 Å². The number of nitrogens with one attached hydrogen (secondary N) is 1. The molecule has 2 rings (SSSR count). The normalized spacial score (nSPS) is 8.91. The van der Waals surface area contributed by atoms with Crippen molar-refractivity contribution in [3.8, 4) is 0 Å². The Labute approximate surface area is 68.5 Å². The highest BCUT2D eigenvalue weighted by molar-refractivity contribution is 5.78. The Balaban J connectivity index is 0.000000378. The SMILES string of the molecule is CC.[HH].c1ccc2[nH]ccc2c1. The zero-order chi connectivity index (χ0) is 8.10. The van der Waals surface area contributed by atoms with Crippen molar-refractivity contribution >= 4 is 10.9 Å². The number of hydrogen-bond donors (Lipinski definition) is 1. The molecule has 0 spiro atoms. The molecule has 1 heterocycles. The molecule has 0 aliphatic carbocycles. The molecule has 0 fully saturated rings. The summed E-state index contributed by atoms with van der Waals surface area (Å²) in [7, 11) is 0. The van der Waals surface area contributed by atoms with E-state index in [4.69, 9.17) is 0 Å². The average Bonchev–Trinajstić information content (AvgIpc) is 2.55. The highest BCUT2D eigenvalue weighted by Crippen LogP contribution is 2.09. The maximum atomic E-state index is 3.12. The molecular formula is C10H15N. The van der Waals surface area contributed by atoms with Crippen molar-refractivity contribution in [3.63, 3.8) is 0 Å². The summed E-state index contributed by atoms with van der Waals surface area (Å²) in [6.07, 6.45) is 1.95. The molecule has 0 unspecified atom stereocenters. The summed E-state index contributed by atoms with van der Waals surface area (Å²) in [6, 6.07) is 10.3. The van der Waals surface area contributed by atoms with Crippen molar-refractivity contribution in [2.24, 2.45) is 0 Å². The van der Waals surface area contributed by atoms with Gasteiger partial charge in [-0.3, -0.25) is 0 Å². The largest absolute Gasteiger partial charge is 0.361 e. The standard InChI is InChI=1S/C8H7N.C2H6.H2/c1-2-4-8-7(3-1)5-6-9-8;1-2;/h1-6,9H;1-2H3;1H. The first-order valence-electron chi connectivity index (χ1n) is 3.99. The summed E-state index contributed by atoms with van der Waals surface area (Å²) in [6.45, 7) is 4.00. The summed E-state index contributed by atoms with van der Waals surface area (Å²) in [5.41, 5.74) is 1.21. The van der Waals surface area contributed by atoms with Gasteiger partial charge in [-0.2, -0.15) is 0 Å². The van der Waals surface area contributed by atoms with Gasteiger partial charge in [0.25, 0.3) is 0 Å². The average molecular weight is 149 g/mol. The summed E-state index contributed by atoms with van der Waals surface area (Å²) >= 11 is 0. The number of benzene rings is 1. The zero-order valence-corrected chi connectivity index (χ0v) is 6.96. The highest BCUT2D eigenvalue weighted by Gasteiger charge is 1.86. The minimum atomic E-state index is 0. The minimum Gasteiger partial charge on any atom is -0.361 e. The van der Waals surface area contributed by atoms with Crippen LogP contribution in [0.5, 0.6) is 0 Å². The van der Waals surface area contributed by atoms with Gasteiger partial charge in [0, 0.05) is 13.1 Å². The van der Waals surface area contributed by atoms with Crippen LogP contribution in [0.2, 0.25) is 0 Å². The molecule has 1 aromatic carbocycles. The lowest BCUT2D eigenvalue weighted by atomic mass is 10.3. The Bertz CT molecular complexity index is 284. The number of para-hydroxylation sites is 1. The molecular weight excluding hydrogens is 134 g/mol. The molecule has 0 amide bonds. The van der Waals surface area contributed by atoms with E-state index in [1.165, 1.54) is 10.9 Å². The Kier molecular flexibility index (Phi) is 2.73. The predicted octanol–water partition coefficient (Wildman–Crippen LogP) is 3.44. The zero-order valence-electron chi connectivity index (χ0n) is 6.96. The molecule has 1 N–H and O–H groups in total. The summed E-state index contributed by atoms with van der Waals surface area (Å²) < 4.78 is 0. The van der Waals surface area contributed by atoms with Gasteiger partial charge in [0.1, 0.15) is 0 Å². The lowest BCUT2D eigenvalue weighted by Crippen LogP contribution is -1.61. The summed E-state index contributed by atoms with van der Waals surface area (Å²) in [4.78, 5) is 3.12. The molecule has 0 atom stereocenters. The van der Waals surface area contributed by atoms with Crippen LogP contribution in [0.4, 0.5) is 0 Å². The second-order valence-corrected chi connectivity index (χ2v) is 2.06. The fourth-order valence-corrected chi connectivity index (χ4v) is 0.995. The van der Waals surface area contributed by atoms with Crippen molar-refractivity contribution in [1.82, 2.24) is 4.98 Å². The number of aromatic amines is 1. The Morgan fingerprint density at radius 2 is 1.82 bits per heavy atom. The monoisotopic (exact) mass is 149 g/mol. The lowest BCUT2D eigenvalue weighted by molar-refractivity contribution is 1.48. The third kappa shape index (κ3) is 1.61. The van der Waals surface area contributed by atoms with Crippen LogP contribution in [-0.4, -0.2) is 4.98 Å². The Morgan fingerprint density at radius 3 is 2.55 bits per heavy atom. The van der Waals surface area contributed by atoms with Crippen LogP contribution in [0, 0.1) is 0 Å². The van der Waals surface area contributed by atoms with Crippen molar-refractivity contribution in [2.45, 2.75) is 13.8 Å². The molecule has 60 valence electrons. The second kappa shape index (κ2) is 3.81. The molecule has 0 aliphatic heterocycles. The van der Waals surface area contributed by atoms with Crippen LogP contribution in [0.15, 0.2) is 36.5 Å². The van der Waals surface area contributed by atoms with E-state index in [2.05, 4.69) is 23.2 Å². The van der Waals surface area contributed by atoms with Crippen LogP contribution in [-0.2, 0) is 0 Å². The molecule has 11 heavy (non-hydrogen) atoms. The lowest BCUT2D eigenvalue weighted by Gasteiger charge is -1.83. The van der Waals surface area contributed by atoms with Crippen LogP contribution >= 0.6 is 0 Å². The third-order valence-corrected chi connectivity index (χ3v) is 1.46. The highest BCUT2D eigenvalue weighted by atomic mass is 14.6. The smallest absolute Gasteiger partial charge is 0.0453 e. The molecule has 0 aliphatic rings. The first kappa shape index (κ1) is 7.86. The summed E-state index contributed by atoms with van der Waals surface area (Å²) in [5, 5.41) is 1.28. The van der Waals surface area contributed by atoms with E-state index in [9.17, 15) is 0 Å². The van der Waals surface area contributed by atoms with Crippen LogP contribution in [0.25, 0.3) is 10.9 Å². The van der Waals surface area contributed by atoms with Gasteiger partial charge in [0.05, 0.1) is 0 Å². The molecule has 0 radical (unpaired) electrons. The Morgan fingerprint density at radius 1 is 1.09 bits per heavy atom. The van der Waals surface area contributed by atoms with Crippen LogP contribution < -0.4 is 0 Å². The fourth-order valence-electron chi connectivity index (χ4n) is 0.995. The third-order valence-electron chi connectivity index (χ3n) is 1.46. The fraction of sp³-hybridized carbons (Fsp3) is 0.200. The van der Waals surface area contributed by atoms with E-state index in [1.54, 1.807) is 0 Å². The number of hydrogen-bond acceptors (Lipinski definition) is 0. The van der Waals surface area contributed by atoms with Gasteiger partial charge in [-0.1, -0.05) is 32.0 Å². The van der Waals surface area contributed by atoms with Crippen LogP contribution in [0.1, 0.15) is 15.3 Å². The molecule has 1 heteroatoms. The number of H-pyrrole nitrogens is 1. The molecule has 1 aromatic heterocycles. The number of rotatable bonds is 0. The first-order valence-corrected chi connectivity index (χ1v) is 3.99. The second-order valence-electron chi connectivity index (χ2n) is 2.06. The van der Waals surface area contributed by atoms with Crippen molar-refractivity contribution in [1.29, 1.82) is 0 Å². The van der Waals surface area contributed by atoms with E-state index >= 15 is 0 Å². The molecule has 2 aromatic rings. The molecule has 1 nitrogen and oxygen atoms in total. The van der Waals surface area contributed by atoms with Gasteiger partial charge < -0.3 is 4.98 Å².